The summed E-state index contributed by atoms with van der Waals surface area (Å²) in [6, 6.07) is 7.30. The van der Waals surface area contributed by atoms with Gasteiger partial charge in [-0.05, 0) is 37.0 Å². The monoisotopic (exact) mass is 281 g/mol. The standard InChI is InChI=1S/C14H16ClNO3/c15-12-3-1-2-9(6-12)8-16-13(17)10-4-5-11(7-10)14(18)19/h1-3,6,10-11H,4-5,7-8H2,(H,16,17)(H,18,19)/t10-,11+/m1/s1. The summed E-state index contributed by atoms with van der Waals surface area (Å²) in [4.78, 5) is 22.8. The molecule has 1 aliphatic carbocycles. The first-order valence-electron chi connectivity index (χ1n) is 6.31. The number of amides is 1. The van der Waals surface area contributed by atoms with E-state index in [1.54, 1.807) is 12.1 Å². The molecule has 0 heterocycles. The summed E-state index contributed by atoms with van der Waals surface area (Å²) in [6.07, 6.45) is 1.68. The van der Waals surface area contributed by atoms with Gasteiger partial charge in [0.25, 0.3) is 0 Å². The van der Waals surface area contributed by atoms with Crippen molar-refractivity contribution in [2.24, 2.45) is 11.8 Å². The number of carboxylic acids is 1. The van der Waals surface area contributed by atoms with E-state index in [9.17, 15) is 9.59 Å². The fourth-order valence-corrected chi connectivity index (χ4v) is 2.64. The molecule has 1 saturated carbocycles. The Morgan fingerprint density at radius 3 is 2.68 bits per heavy atom. The zero-order valence-corrected chi connectivity index (χ0v) is 11.2. The number of nitrogens with one attached hydrogen (secondary N) is 1. The van der Waals surface area contributed by atoms with Gasteiger partial charge in [0.1, 0.15) is 0 Å². The van der Waals surface area contributed by atoms with E-state index in [2.05, 4.69) is 5.32 Å². The second kappa shape index (κ2) is 6.06. The lowest BCUT2D eigenvalue weighted by molar-refractivity contribution is -0.141. The highest BCUT2D eigenvalue weighted by atomic mass is 35.5. The lowest BCUT2D eigenvalue weighted by atomic mass is 10.0. The number of halogens is 1. The van der Waals surface area contributed by atoms with Gasteiger partial charge in [-0.2, -0.15) is 0 Å². The van der Waals surface area contributed by atoms with Gasteiger partial charge in [0.2, 0.25) is 5.91 Å². The fraction of sp³-hybridized carbons (Fsp3) is 0.429. The Morgan fingerprint density at radius 1 is 1.32 bits per heavy atom. The van der Waals surface area contributed by atoms with Crippen LogP contribution in [0.2, 0.25) is 5.02 Å². The highest BCUT2D eigenvalue weighted by Gasteiger charge is 2.33. The third-order valence-electron chi connectivity index (χ3n) is 3.51. The molecule has 2 atom stereocenters. The minimum absolute atomic E-state index is 0.0660. The predicted octanol–water partition coefficient (Wildman–Crippen LogP) is 2.46. The van der Waals surface area contributed by atoms with E-state index in [1.807, 2.05) is 12.1 Å². The van der Waals surface area contributed by atoms with Crippen molar-refractivity contribution in [2.45, 2.75) is 25.8 Å². The molecule has 0 spiro atoms. The minimum Gasteiger partial charge on any atom is -0.481 e. The van der Waals surface area contributed by atoms with Crippen molar-refractivity contribution < 1.29 is 14.7 Å². The molecule has 102 valence electrons. The summed E-state index contributed by atoms with van der Waals surface area (Å²) in [5.41, 5.74) is 0.939. The third kappa shape index (κ3) is 3.70. The molecule has 1 fully saturated rings. The molecule has 0 radical (unpaired) electrons. The summed E-state index contributed by atoms with van der Waals surface area (Å²) < 4.78 is 0. The van der Waals surface area contributed by atoms with Crippen LogP contribution in [0, 0.1) is 11.8 Å². The highest BCUT2D eigenvalue weighted by molar-refractivity contribution is 6.30. The highest BCUT2D eigenvalue weighted by Crippen LogP contribution is 2.31. The van der Waals surface area contributed by atoms with Crippen LogP contribution >= 0.6 is 11.6 Å². The number of rotatable bonds is 4. The summed E-state index contributed by atoms with van der Waals surface area (Å²) in [5.74, 6) is -1.42. The predicted molar refractivity (Wildman–Crippen MR) is 71.8 cm³/mol. The van der Waals surface area contributed by atoms with E-state index in [0.29, 0.717) is 30.8 Å². The Kier molecular flexibility index (Phi) is 4.43. The molecule has 19 heavy (non-hydrogen) atoms. The van der Waals surface area contributed by atoms with Crippen molar-refractivity contribution in [3.63, 3.8) is 0 Å². The van der Waals surface area contributed by atoms with Gasteiger partial charge in [-0.3, -0.25) is 9.59 Å². The maximum absolute atomic E-state index is 11.9. The van der Waals surface area contributed by atoms with E-state index in [-0.39, 0.29) is 17.7 Å². The van der Waals surface area contributed by atoms with Crippen molar-refractivity contribution in [3.8, 4) is 0 Å². The molecule has 1 aliphatic rings. The molecule has 0 aromatic heterocycles. The zero-order valence-electron chi connectivity index (χ0n) is 10.4. The number of hydrogen-bond donors (Lipinski definition) is 2. The van der Waals surface area contributed by atoms with Crippen LogP contribution in [0.5, 0.6) is 0 Å². The van der Waals surface area contributed by atoms with Gasteiger partial charge in [0, 0.05) is 17.5 Å². The SMILES string of the molecule is O=C(O)[C@H]1CC[C@@H](C(=O)NCc2cccc(Cl)c2)C1. The van der Waals surface area contributed by atoms with Gasteiger partial charge in [0.15, 0.2) is 0 Å². The first-order chi connectivity index (χ1) is 9.06. The number of carboxylic acid groups (broad SMARTS) is 1. The molecular formula is C14H16ClNO3. The molecule has 0 bridgehead atoms. The van der Waals surface area contributed by atoms with Crippen LogP contribution in [0.1, 0.15) is 24.8 Å². The zero-order chi connectivity index (χ0) is 13.8. The summed E-state index contributed by atoms with van der Waals surface area (Å²) in [6.45, 7) is 0.424. The van der Waals surface area contributed by atoms with E-state index in [4.69, 9.17) is 16.7 Å². The Bertz CT molecular complexity index is 489. The van der Waals surface area contributed by atoms with Gasteiger partial charge in [-0.1, -0.05) is 23.7 Å². The molecular weight excluding hydrogens is 266 g/mol. The van der Waals surface area contributed by atoms with Crippen molar-refractivity contribution in [1.29, 1.82) is 0 Å². The van der Waals surface area contributed by atoms with Crippen molar-refractivity contribution in [1.82, 2.24) is 5.32 Å². The van der Waals surface area contributed by atoms with Crippen LogP contribution in [-0.2, 0) is 16.1 Å². The van der Waals surface area contributed by atoms with Crippen molar-refractivity contribution in [2.75, 3.05) is 0 Å². The Morgan fingerprint density at radius 2 is 2.05 bits per heavy atom. The van der Waals surface area contributed by atoms with Gasteiger partial charge in [0.05, 0.1) is 5.92 Å². The molecule has 1 amide bonds. The molecule has 4 nitrogen and oxygen atoms in total. The van der Waals surface area contributed by atoms with E-state index < -0.39 is 5.97 Å². The number of aliphatic carboxylic acids is 1. The second-order valence-electron chi connectivity index (χ2n) is 4.89. The lowest BCUT2D eigenvalue weighted by Crippen LogP contribution is -2.29. The average Bonchev–Trinajstić information content (AvgIpc) is 2.86. The molecule has 1 aromatic rings. The average molecular weight is 282 g/mol. The third-order valence-corrected chi connectivity index (χ3v) is 3.74. The first-order valence-corrected chi connectivity index (χ1v) is 6.69. The first kappa shape index (κ1) is 13.9. The van der Waals surface area contributed by atoms with Gasteiger partial charge >= 0.3 is 5.97 Å². The van der Waals surface area contributed by atoms with E-state index >= 15 is 0 Å². The van der Waals surface area contributed by atoms with Crippen LogP contribution in [0.15, 0.2) is 24.3 Å². The summed E-state index contributed by atoms with van der Waals surface area (Å²) in [5, 5.41) is 12.4. The maximum atomic E-state index is 11.9. The summed E-state index contributed by atoms with van der Waals surface area (Å²) in [7, 11) is 0. The van der Waals surface area contributed by atoms with Gasteiger partial charge < -0.3 is 10.4 Å². The number of benzene rings is 1. The van der Waals surface area contributed by atoms with Crippen LogP contribution in [-0.4, -0.2) is 17.0 Å². The Balaban J connectivity index is 1.84. The van der Waals surface area contributed by atoms with E-state index in [0.717, 1.165) is 5.56 Å². The molecule has 2 N–H and O–H groups in total. The largest absolute Gasteiger partial charge is 0.481 e. The van der Waals surface area contributed by atoms with E-state index in [1.165, 1.54) is 0 Å². The molecule has 0 unspecified atom stereocenters. The topological polar surface area (TPSA) is 66.4 Å². The van der Waals surface area contributed by atoms with Crippen molar-refractivity contribution >= 4 is 23.5 Å². The minimum atomic E-state index is -0.801. The second-order valence-corrected chi connectivity index (χ2v) is 5.33. The normalized spacial score (nSPS) is 22.2. The molecule has 0 saturated heterocycles. The fourth-order valence-electron chi connectivity index (χ4n) is 2.42. The number of carbonyl (C=O) groups excluding carboxylic acids is 1. The van der Waals surface area contributed by atoms with Crippen LogP contribution in [0.4, 0.5) is 0 Å². The maximum Gasteiger partial charge on any atom is 0.306 e. The van der Waals surface area contributed by atoms with Gasteiger partial charge in [-0.15, -0.1) is 0 Å². The molecule has 1 aromatic carbocycles. The number of carbonyl (C=O) groups is 2. The van der Waals surface area contributed by atoms with Crippen LogP contribution in [0.25, 0.3) is 0 Å². The van der Waals surface area contributed by atoms with Crippen LogP contribution < -0.4 is 5.32 Å². The van der Waals surface area contributed by atoms with Crippen molar-refractivity contribution in [3.05, 3.63) is 34.9 Å². The Hall–Kier alpha value is -1.55. The lowest BCUT2D eigenvalue weighted by Gasteiger charge is -2.11. The molecule has 0 aliphatic heterocycles. The molecule has 5 heteroatoms. The quantitative estimate of drug-likeness (QED) is 0.891. The smallest absolute Gasteiger partial charge is 0.306 e. The summed E-state index contributed by atoms with van der Waals surface area (Å²) >= 11 is 5.86. The van der Waals surface area contributed by atoms with Crippen LogP contribution in [0.3, 0.4) is 0 Å². The number of hydrogen-bond acceptors (Lipinski definition) is 2. The Labute approximate surface area is 116 Å². The molecule has 2 rings (SSSR count). The van der Waals surface area contributed by atoms with Gasteiger partial charge in [-0.25, -0.2) is 0 Å².